The fourth-order valence-electron chi connectivity index (χ4n) is 2.44. The lowest BCUT2D eigenvalue weighted by Gasteiger charge is -2.27. The van der Waals surface area contributed by atoms with Crippen LogP contribution in [-0.2, 0) is 11.3 Å². The molecule has 1 aliphatic carbocycles. The second-order valence-electron chi connectivity index (χ2n) is 5.01. The van der Waals surface area contributed by atoms with Crippen molar-refractivity contribution in [3.63, 3.8) is 0 Å². The first-order valence-electron chi connectivity index (χ1n) is 7.01. The molecule has 0 saturated carbocycles. The summed E-state index contributed by atoms with van der Waals surface area (Å²) in [6.45, 7) is 1.03. The number of hydrogen-bond donors (Lipinski definition) is 0. The number of carbonyl (C=O) groups is 1. The van der Waals surface area contributed by atoms with Crippen LogP contribution in [0.2, 0.25) is 0 Å². The van der Waals surface area contributed by atoms with Crippen molar-refractivity contribution in [1.82, 2.24) is 9.88 Å². The van der Waals surface area contributed by atoms with Crippen molar-refractivity contribution in [3.05, 3.63) is 42.2 Å². The van der Waals surface area contributed by atoms with Crippen LogP contribution >= 0.6 is 0 Å². The van der Waals surface area contributed by atoms with Gasteiger partial charge < -0.3 is 4.90 Å². The van der Waals surface area contributed by atoms with Gasteiger partial charge in [-0.1, -0.05) is 18.2 Å². The van der Waals surface area contributed by atoms with E-state index in [4.69, 9.17) is 5.26 Å². The summed E-state index contributed by atoms with van der Waals surface area (Å²) in [5, 5.41) is 8.76. The maximum atomic E-state index is 12.6. The molecule has 1 aromatic heterocycles. The van der Waals surface area contributed by atoms with Crippen LogP contribution in [0.25, 0.3) is 0 Å². The van der Waals surface area contributed by atoms with Crippen molar-refractivity contribution in [2.75, 3.05) is 6.54 Å². The third-order valence-electron chi connectivity index (χ3n) is 3.52. The van der Waals surface area contributed by atoms with Crippen LogP contribution in [0.15, 0.2) is 36.7 Å². The Bertz CT molecular complexity index is 504. The van der Waals surface area contributed by atoms with Crippen LogP contribution in [0.4, 0.5) is 0 Å². The van der Waals surface area contributed by atoms with Crippen molar-refractivity contribution < 1.29 is 4.79 Å². The number of carbonyl (C=O) groups excluding carboxylic acids is 1. The number of amides is 1. The molecule has 104 valence electrons. The lowest BCUT2D eigenvalue weighted by Crippen LogP contribution is -2.36. The highest BCUT2D eigenvalue weighted by atomic mass is 16.2. The normalized spacial score (nSPS) is 17.4. The summed E-state index contributed by atoms with van der Waals surface area (Å²) in [6, 6.07) is 5.94. The first-order valence-corrected chi connectivity index (χ1v) is 7.01. The molecular weight excluding hydrogens is 250 g/mol. The Balaban J connectivity index is 2.04. The quantitative estimate of drug-likeness (QED) is 0.772. The summed E-state index contributed by atoms with van der Waals surface area (Å²) in [7, 11) is 0. The number of rotatable bonds is 5. The molecule has 4 heteroatoms. The Morgan fingerprint density at radius 3 is 3.05 bits per heavy atom. The van der Waals surface area contributed by atoms with Gasteiger partial charge in [0, 0.05) is 31.4 Å². The standard InChI is InChI=1S/C16H19N3O/c17-9-5-11-19(13-14-6-4-10-18-12-14)16(20)15-7-2-1-3-8-15/h1-2,4,6,10,12,15H,3,5,7-8,11,13H2. The molecule has 0 N–H and O–H groups in total. The molecule has 20 heavy (non-hydrogen) atoms. The molecule has 1 unspecified atom stereocenters. The van der Waals surface area contributed by atoms with Gasteiger partial charge in [-0.2, -0.15) is 5.26 Å². The van der Waals surface area contributed by atoms with Gasteiger partial charge in [0.25, 0.3) is 0 Å². The molecule has 0 saturated heterocycles. The predicted octanol–water partition coefficient (Wildman–Crippen LogP) is 2.68. The number of aromatic nitrogens is 1. The summed E-state index contributed by atoms with van der Waals surface area (Å²) in [5.41, 5.74) is 1.00. The van der Waals surface area contributed by atoms with Gasteiger partial charge in [-0.05, 0) is 30.9 Å². The Hall–Kier alpha value is -2.15. The molecule has 2 rings (SSSR count). The SMILES string of the molecule is N#CCCN(Cc1cccnc1)C(=O)C1CC=CCC1. The predicted molar refractivity (Wildman–Crippen MR) is 76.4 cm³/mol. The Kier molecular flexibility index (Phi) is 5.31. The lowest BCUT2D eigenvalue weighted by molar-refractivity contribution is -0.136. The van der Waals surface area contributed by atoms with E-state index in [2.05, 4.69) is 23.2 Å². The Labute approximate surface area is 119 Å². The average Bonchev–Trinajstić information content (AvgIpc) is 2.52. The third-order valence-corrected chi connectivity index (χ3v) is 3.52. The Morgan fingerprint density at radius 2 is 2.40 bits per heavy atom. The highest BCUT2D eigenvalue weighted by Crippen LogP contribution is 2.21. The van der Waals surface area contributed by atoms with E-state index >= 15 is 0 Å². The average molecular weight is 269 g/mol. The minimum absolute atomic E-state index is 0.0652. The van der Waals surface area contributed by atoms with E-state index in [0.717, 1.165) is 24.8 Å². The van der Waals surface area contributed by atoms with Crippen LogP contribution in [0.3, 0.4) is 0 Å². The zero-order valence-electron chi connectivity index (χ0n) is 11.5. The first-order chi connectivity index (χ1) is 9.81. The molecule has 0 aliphatic heterocycles. The van der Waals surface area contributed by atoms with Crippen LogP contribution in [0.5, 0.6) is 0 Å². The van der Waals surface area contributed by atoms with E-state index in [1.165, 1.54) is 0 Å². The van der Waals surface area contributed by atoms with E-state index in [1.807, 2.05) is 12.1 Å². The highest BCUT2D eigenvalue weighted by molar-refractivity contribution is 5.79. The molecule has 1 aromatic rings. The number of pyridine rings is 1. The fraction of sp³-hybridized carbons (Fsp3) is 0.438. The molecule has 4 nitrogen and oxygen atoms in total. The van der Waals surface area contributed by atoms with Gasteiger partial charge in [-0.25, -0.2) is 0 Å². The minimum atomic E-state index is 0.0652. The number of allylic oxidation sites excluding steroid dienone is 2. The van der Waals surface area contributed by atoms with Crippen molar-refractivity contribution in [2.24, 2.45) is 5.92 Å². The summed E-state index contributed by atoms with van der Waals surface area (Å²) < 4.78 is 0. The molecule has 1 atom stereocenters. The molecule has 0 fully saturated rings. The summed E-state index contributed by atoms with van der Waals surface area (Å²) in [4.78, 5) is 18.4. The Morgan fingerprint density at radius 1 is 1.50 bits per heavy atom. The molecule has 0 radical (unpaired) electrons. The largest absolute Gasteiger partial charge is 0.337 e. The molecule has 1 heterocycles. The second kappa shape index (κ2) is 7.44. The second-order valence-corrected chi connectivity index (χ2v) is 5.01. The minimum Gasteiger partial charge on any atom is -0.337 e. The zero-order chi connectivity index (χ0) is 14.2. The third kappa shape index (κ3) is 3.92. The number of nitrogens with zero attached hydrogens (tertiary/aromatic N) is 3. The maximum Gasteiger partial charge on any atom is 0.226 e. The lowest BCUT2D eigenvalue weighted by atomic mass is 9.93. The van der Waals surface area contributed by atoms with Crippen LogP contribution < -0.4 is 0 Å². The molecule has 1 amide bonds. The molecule has 0 aromatic carbocycles. The highest BCUT2D eigenvalue weighted by Gasteiger charge is 2.24. The van der Waals surface area contributed by atoms with E-state index in [-0.39, 0.29) is 11.8 Å². The fourth-order valence-corrected chi connectivity index (χ4v) is 2.44. The van der Waals surface area contributed by atoms with Gasteiger partial charge in [0.15, 0.2) is 0 Å². The van der Waals surface area contributed by atoms with E-state index in [0.29, 0.717) is 19.5 Å². The van der Waals surface area contributed by atoms with Crippen LogP contribution in [0, 0.1) is 17.2 Å². The molecule has 1 aliphatic rings. The van der Waals surface area contributed by atoms with Gasteiger partial charge >= 0.3 is 0 Å². The van der Waals surface area contributed by atoms with Gasteiger partial charge in [0.1, 0.15) is 0 Å². The molecular formula is C16H19N3O. The van der Waals surface area contributed by atoms with Gasteiger partial charge in [-0.15, -0.1) is 0 Å². The van der Waals surface area contributed by atoms with Crippen molar-refractivity contribution in [1.29, 1.82) is 5.26 Å². The van der Waals surface area contributed by atoms with Crippen LogP contribution in [-0.4, -0.2) is 22.3 Å². The molecule has 0 spiro atoms. The van der Waals surface area contributed by atoms with Gasteiger partial charge in [0.05, 0.1) is 12.5 Å². The maximum absolute atomic E-state index is 12.6. The summed E-state index contributed by atoms with van der Waals surface area (Å²) >= 11 is 0. The topological polar surface area (TPSA) is 57.0 Å². The number of hydrogen-bond acceptors (Lipinski definition) is 3. The monoisotopic (exact) mass is 269 g/mol. The van der Waals surface area contributed by atoms with E-state index in [9.17, 15) is 4.79 Å². The number of nitriles is 1. The van der Waals surface area contributed by atoms with Crippen molar-refractivity contribution in [3.8, 4) is 6.07 Å². The van der Waals surface area contributed by atoms with Gasteiger partial charge in [0.2, 0.25) is 5.91 Å². The van der Waals surface area contributed by atoms with Gasteiger partial charge in [-0.3, -0.25) is 9.78 Å². The smallest absolute Gasteiger partial charge is 0.226 e. The zero-order valence-corrected chi connectivity index (χ0v) is 11.5. The van der Waals surface area contributed by atoms with E-state index in [1.54, 1.807) is 17.3 Å². The van der Waals surface area contributed by atoms with E-state index < -0.39 is 0 Å². The van der Waals surface area contributed by atoms with Crippen molar-refractivity contribution in [2.45, 2.75) is 32.2 Å². The van der Waals surface area contributed by atoms with Crippen molar-refractivity contribution >= 4 is 5.91 Å². The summed E-state index contributed by atoms with van der Waals surface area (Å²) in [6.07, 6.45) is 10.8. The first kappa shape index (κ1) is 14.3. The van der Waals surface area contributed by atoms with Crippen LogP contribution in [0.1, 0.15) is 31.2 Å². The molecule has 0 bridgehead atoms. The summed E-state index contributed by atoms with van der Waals surface area (Å²) in [5.74, 6) is 0.226.